The smallest absolute Gasteiger partial charge is 0.0705 e. The number of hydrogen-bond acceptors (Lipinski definition) is 4. The number of benzene rings is 3. The number of rotatable bonds is 8. The molecule has 1 aliphatic heterocycles. The van der Waals surface area contributed by atoms with Gasteiger partial charge in [-0.1, -0.05) is 65.2 Å². The van der Waals surface area contributed by atoms with E-state index in [9.17, 15) is 0 Å². The molecular weight excluding hydrogens is 512 g/mol. The fourth-order valence-electron chi connectivity index (χ4n) is 6.08. The lowest BCUT2D eigenvalue weighted by atomic mass is 9.99. The van der Waals surface area contributed by atoms with Crippen LogP contribution in [0.25, 0.3) is 22.5 Å². The Bertz CT molecular complexity index is 1630. The van der Waals surface area contributed by atoms with Crippen LogP contribution in [0.3, 0.4) is 0 Å². The van der Waals surface area contributed by atoms with Crippen molar-refractivity contribution in [3.63, 3.8) is 0 Å². The minimum Gasteiger partial charge on any atom is -0.364 e. The average molecular weight is 553 g/mol. The molecule has 2 aromatic heterocycles. The number of hydrogen-bond donors (Lipinski definition) is 0. The monoisotopic (exact) mass is 552 g/mol. The Labute approximate surface area is 250 Å². The van der Waals surface area contributed by atoms with Crippen molar-refractivity contribution in [3.8, 4) is 22.5 Å². The van der Waals surface area contributed by atoms with Crippen LogP contribution in [0, 0.1) is 20.8 Å². The summed E-state index contributed by atoms with van der Waals surface area (Å²) in [5.41, 5.74) is 12.2. The molecule has 4 heteroatoms. The highest BCUT2D eigenvalue weighted by Gasteiger charge is 2.25. The Morgan fingerprint density at radius 2 is 1.21 bits per heavy atom. The highest BCUT2D eigenvalue weighted by Crippen LogP contribution is 2.29. The molecule has 0 aliphatic carbocycles. The molecule has 1 aliphatic rings. The Morgan fingerprint density at radius 3 is 1.81 bits per heavy atom. The van der Waals surface area contributed by atoms with Crippen molar-refractivity contribution in [2.45, 2.75) is 52.7 Å². The molecule has 0 unspecified atom stereocenters. The first-order chi connectivity index (χ1) is 20.5. The first-order valence-corrected chi connectivity index (χ1v) is 15.1. The molecular formula is C38H40N4. The molecule has 212 valence electrons. The predicted octanol–water partition coefficient (Wildman–Crippen LogP) is 8.41. The zero-order chi connectivity index (χ0) is 28.9. The van der Waals surface area contributed by atoms with Gasteiger partial charge in [0.1, 0.15) is 0 Å². The van der Waals surface area contributed by atoms with E-state index in [0.29, 0.717) is 6.04 Å². The highest BCUT2D eigenvalue weighted by atomic mass is 15.2. The molecule has 0 N–H and O–H groups in total. The van der Waals surface area contributed by atoms with E-state index < -0.39 is 0 Å². The number of aryl methyl sites for hydroxylation is 3. The van der Waals surface area contributed by atoms with Crippen LogP contribution in [-0.2, 0) is 13.1 Å². The average Bonchev–Trinajstić information content (AvgIpc) is 3.01. The Hall–Kier alpha value is -4.28. The van der Waals surface area contributed by atoms with E-state index in [1.54, 1.807) is 0 Å². The van der Waals surface area contributed by atoms with Crippen molar-refractivity contribution in [2.24, 2.45) is 0 Å². The molecule has 4 nitrogen and oxygen atoms in total. The summed E-state index contributed by atoms with van der Waals surface area (Å²) >= 11 is 0. The lowest BCUT2D eigenvalue weighted by Gasteiger charge is -2.40. The quantitative estimate of drug-likeness (QED) is 0.193. The van der Waals surface area contributed by atoms with Crippen molar-refractivity contribution in [3.05, 3.63) is 137 Å². The summed E-state index contributed by atoms with van der Waals surface area (Å²) in [6, 6.07) is 35.6. The molecule has 6 rings (SSSR count). The summed E-state index contributed by atoms with van der Waals surface area (Å²) in [7, 11) is 0. The molecule has 42 heavy (non-hydrogen) atoms. The minimum absolute atomic E-state index is 0.486. The Kier molecular flexibility index (Phi) is 8.43. The second kappa shape index (κ2) is 12.7. The number of piperidine rings is 1. The molecule has 0 radical (unpaired) electrons. The van der Waals surface area contributed by atoms with E-state index in [0.717, 1.165) is 50.4 Å². The standard InChI is InChI=1S/C38H40N4/c1-28-10-12-35(13-11-28)42(27-32-15-19-40-38(25-32)34-9-5-7-30(3)23-34)36-16-20-41(21-17-36)26-31-14-18-39-37(24-31)33-8-4-6-29(2)22-33/h4-15,18-19,22-25,36H,16-17,20-21,26-27H2,1-3H3. The van der Waals surface area contributed by atoms with Crippen molar-refractivity contribution >= 4 is 5.69 Å². The minimum atomic E-state index is 0.486. The van der Waals surface area contributed by atoms with Crippen molar-refractivity contribution in [2.75, 3.05) is 18.0 Å². The van der Waals surface area contributed by atoms with Gasteiger partial charge in [0.15, 0.2) is 0 Å². The fraction of sp³-hybridized carbons (Fsp3) is 0.263. The van der Waals surface area contributed by atoms with Gasteiger partial charge in [0, 0.05) is 61.4 Å². The SMILES string of the molecule is Cc1ccc(N(Cc2ccnc(-c3cccc(C)c3)c2)C2CCN(Cc3ccnc(-c4cccc(C)c4)c3)CC2)cc1. The summed E-state index contributed by atoms with van der Waals surface area (Å²) in [5.74, 6) is 0. The van der Waals surface area contributed by atoms with Crippen LogP contribution in [0.5, 0.6) is 0 Å². The van der Waals surface area contributed by atoms with E-state index in [1.165, 1.54) is 44.6 Å². The third-order valence-electron chi connectivity index (χ3n) is 8.40. The highest BCUT2D eigenvalue weighted by molar-refractivity contribution is 5.62. The summed E-state index contributed by atoms with van der Waals surface area (Å²) in [6.07, 6.45) is 6.19. The molecule has 0 spiro atoms. The molecule has 0 amide bonds. The number of likely N-dealkylation sites (tertiary alicyclic amines) is 1. The Balaban J connectivity index is 1.16. The fourth-order valence-corrected chi connectivity index (χ4v) is 6.08. The molecule has 3 heterocycles. The van der Waals surface area contributed by atoms with Gasteiger partial charge in [-0.3, -0.25) is 14.9 Å². The van der Waals surface area contributed by atoms with Crippen molar-refractivity contribution < 1.29 is 0 Å². The second-order valence-electron chi connectivity index (χ2n) is 11.8. The number of pyridine rings is 2. The van der Waals surface area contributed by atoms with Crippen LogP contribution < -0.4 is 4.90 Å². The van der Waals surface area contributed by atoms with Crippen LogP contribution in [0.1, 0.15) is 40.7 Å². The first-order valence-electron chi connectivity index (χ1n) is 15.1. The van der Waals surface area contributed by atoms with Crippen molar-refractivity contribution in [1.29, 1.82) is 0 Å². The van der Waals surface area contributed by atoms with Crippen LogP contribution in [0.15, 0.2) is 109 Å². The van der Waals surface area contributed by atoms with Crippen LogP contribution >= 0.6 is 0 Å². The van der Waals surface area contributed by atoms with Gasteiger partial charge < -0.3 is 4.90 Å². The van der Waals surface area contributed by atoms with Gasteiger partial charge in [-0.2, -0.15) is 0 Å². The van der Waals surface area contributed by atoms with E-state index in [-0.39, 0.29) is 0 Å². The molecule has 0 saturated carbocycles. The molecule has 1 fully saturated rings. The van der Waals surface area contributed by atoms with E-state index in [1.807, 2.05) is 12.4 Å². The molecule has 5 aromatic rings. The maximum atomic E-state index is 4.70. The van der Waals surface area contributed by atoms with Gasteiger partial charge in [0.2, 0.25) is 0 Å². The number of aromatic nitrogens is 2. The summed E-state index contributed by atoms with van der Waals surface area (Å²) in [5, 5.41) is 0. The maximum Gasteiger partial charge on any atom is 0.0705 e. The van der Waals surface area contributed by atoms with E-state index in [2.05, 4.69) is 133 Å². The maximum absolute atomic E-state index is 4.70. The van der Waals surface area contributed by atoms with Crippen LogP contribution in [0.4, 0.5) is 5.69 Å². The van der Waals surface area contributed by atoms with Gasteiger partial charge in [-0.15, -0.1) is 0 Å². The molecule has 0 bridgehead atoms. The summed E-state index contributed by atoms with van der Waals surface area (Å²) in [4.78, 5) is 14.6. The lowest BCUT2D eigenvalue weighted by Crippen LogP contribution is -2.44. The van der Waals surface area contributed by atoms with E-state index >= 15 is 0 Å². The van der Waals surface area contributed by atoms with E-state index in [4.69, 9.17) is 4.98 Å². The normalized spacial score (nSPS) is 14.2. The van der Waals surface area contributed by atoms with Gasteiger partial charge in [-0.05, 0) is 93.3 Å². The molecule has 1 saturated heterocycles. The number of nitrogens with zero attached hydrogens (tertiary/aromatic N) is 4. The Morgan fingerprint density at radius 1 is 0.643 bits per heavy atom. The third kappa shape index (κ3) is 6.78. The predicted molar refractivity (Wildman–Crippen MR) is 174 cm³/mol. The van der Waals surface area contributed by atoms with Crippen LogP contribution in [-0.4, -0.2) is 34.0 Å². The zero-order valence-corrected chi connectivity index (χ0v) is 25.0. The largest absolute Gasteiger partial charge is 0.364 e. The topological polar surface area (TPSA) is 32.3 Å². The number of anilines is 1. The zero-order valence-electron chi connectivity index (χ0n) is 25.0. The van der Waals surface area contributed by atoms with Gasteiger partial charge in [0.05, 0.1) is 11.4 Å². The first kappa shape index (κ1) is 27.9. The summed E-state index contributed by atoms with van der Waals surface area (Å²) in [6.45, 7) is 10.4. The molecule has 0 atom stereocenters. The second-order valence-corrected chi connectivity index (χ2v) is 11.8. The van der Waals surface area contributed by atoms with Gasteiger partial charge in [-0.25, -0.2) is 0 Å². The third-order valence-corrected chi connectivity index (χ3v) is 8.40. The van der Waals surface area contributed by atoms with Gasteiger partial charge in [0.25, 0.3) is 0 Å². The van der Waals surface area contributed by atoms with Gasteiger partial charge >= 0.3 is 0 Å². The van der Waals surface area contributed by atoms with Crippen molar-refractivity contribution in [1.82, 2.24) is 14.9 Å². The lowest BCUT2D eigenvalue weighted by molar-refractivity contribution is 0.201. The van der Waals surface area contributed by atoms with Crippen LogP contribution in [0.2, 0.25) is 0 Å². The summed E-state index contributed by atoms with van der Waals surface area (Å²) < 4.78 is 0. The molecule has 3 aromatic carbocycles.